The lowest BCUT2D eigenvalue weighted by atomic mass is 9.99. The fraction of sp³-hybridized carbons (Fsp3) is 0.571. The van der Waals surface area contributed by atoms with E-state index >= 15 is 0 Å². The number of hydrogen-bond donors (Lipinski definition) is 2. The molecule has 0 heterocycles. The third-order valence-electron chi connectivity index (χ3n) is 3.39. The van der Waals surface area contributed by atoms with Gasteiger partial charge in [-0.25, -0.2) is 0 Å². The van der Waals surface area contributed by atoms with Gasteiger partial charge in [0, 0.05) is 6.61 Å². The molecule has 88 valence electrons. The standard InChI is InChI=1S/C14H20O2/c15-9-2-1-6-14(16)13-8-7-11-4-3-5-12(11)10-13/h7-8,10,14-16H,1-6,9H2. The van der Waals surface area contributed by atoms with Gasteiger partial charge in [0.2, 0.25) is 0 Å². The van der Waals surface area contributed by atoms with Gasteiger partial charge < -0.3 is 10.2 Å². The van der Waals surface area contributed by atoms with E-state index in [-0.39, 0.29) is 12.7 Å². The maximum Gasteiger partial charge on any atom is 0.0790 e. The van der Waals surface area contributed by atoms with Crippen molar-refractivity contribution in [1.82, 2.24) is 0 Å². The molecule has 2 N–H and O–H groups in total. The van der Waals surface area contributed by atoms with Gasteiger partial charge in [0.05, 0.1) is 6.10 Å². The van der Waals surface area contributed by atoms with Crippen LogP contribution in [0.15, 0.2) is 18.2 Å². The van der Waals surface area contributed by atoms with Gasteiger partial charge in [0.25, 0.3) is 0 Å². The molecule has 2 heteroatoms. The molecule has 16 heavy (non-hydrogen) atoms. The molecule has 2 rings (SSSR count). The quantitative estimate of drug-likeness (QED) is 0.748. The molecule has 0 spiro atoms. The van der Waals surface area contributed by atoms with Crippen LogP contribution in [0.25, 0.3) is 0 Å². The molecule has 0 radical (unpaired) electrons. The molecule has 1 unspecified atom stereocenters. The number of aryl methyl sites for hydroxylation is 2. The molecular weight excluding hydrogens is 200 g/mol. The molecule has 0 amide bonds. The summed E-state index contributed by atoms with van der Waals surface area (Å²) in [7, 11) is 0. The Morgan fingerprint density at radius 3 is 2.75 bits per heavy atom. The Kier molecular flexibility index (Phi) is 3.97. The molecule has 0 saturated carbocycles. The number of rotatable bonds is 5. The fourth-order valence-electron chi connectivity index (χ4n) is 2.42. The highest BCUT2D eigenvalue weighted by molar-refractivity contribution is 5.36. The first-order chi connectivity index (χ1) is 7.81. The third-order valence-corrected chi connectivity index (χ3v) is 3.39. The summed E-state index contributed by atoms with van der Waals surface area (Å²) in [5, 5.41) is 18.7. The van der Waals surface area contributed by atoms with E-state index in [1.807, 2.05) is 6.07 Å². The van der Waals surface area contributed by atoms with Crippen LogP contribution in [-0.4, -0.2) is 16.8 Å². The zero-order chi connectivity index (χ0) is 11.4. The highest BCUT2D eigenvalue weighted by Crippen LogP contribution is 2.27. The predicted octanol–water partition coefficient (Wildman–Crippen LogP) is 2.37. The third kappa shape index (κ3) is 2.63. The molecule has 0 saturated heterocycles. The van der Waals surface area contributed by atoms with Crippen molar-refractivity contribution in [2.45, 2.75) is 44.6 Å². The molecule has 1 aromatic carbocycles. The molecule has 0 bridgehead atoms. The summed E-state index contributed by atoms with van der Waals surface area (Å²) >= 11 is 0. The van der Waals surface area contributed by atoms with Gasteiger partial charge in [-0.05, 0) is 55.2 Å². The van der Waals surface area contributed by atoms with Crippen LogP contribution in [0, 0.1) is 0 Å². The minimum Gasteiger partial charge on any atom is -0.396 e. The van der Waals surface area contributed by atoms with Crippen LogP contribution in [0.2, 0.25) is 0 Å². The van der Waals surface area contributed by atoms with Crippen LogP contribution >= 0.6 is 0 Å². The second-order valence-electron chi connectivity index (χ2n) is 4.62. The summed E-state index contributed by atoms with van der Waals surface area (Å²) in [4.78, 5) is 0. The van der Waals surface area contributed by atoms with Crippen molar-refractivity contribution in [3.8, 4) is 0 Å². The number of fused-ring (bicyclic) bond motifs is 1. The Bertz CT molecular complexity index is 347. The molecule has 0 aromatic heterocycles. The number of hydrogen-bond acceptors (Lipinski definition) is 2. The molecule has 0 fully saturated rings. The van der Waals surface area contributed by atoms with E-state index in [4.69, 9.17) is 5.11 Å². The molecule has 2 nitrogen and oxygen atoms in total. The lowest BCUT2D eigenvalue weighted by Gasteiger charge is -2.12. The van der Waals surface area contributed by atoms with E-state index in [9.17, 15) is 5.11 Å². The van der Waals surface area contributed by atoms with Gasteiger partial charge in [0.15, 0.2) is 0 Å². The van der Waals surface area contributed by atoms with E-state index in [0.29, 0.717) is 0 Å². The Morgan fingerprint density at radius 2 is 1.94 bits per heavy atom. The van der Waals surface area contributed by atoms with Crippen molar-refractivity contribution in [3.05, 3.63) is 34.9 Å². The second-order valence-corrected chi connectivity index (χ2v) is 4.62. The minimum absolute atomic E-state index is 0.219. The monoisotopic (exact) mass is 220 g/mol. The lowest BCUT2D eigenvalue weighted by molar-refractivity contribution is 0.159. The van der Waals surface area contributed by atoms with Crippen LogP contribution < -0.4 is 0 Å². The summed E-state index contributed by atoms with van der Waals surface area (Å²) in [6, 6.07) is 6.37. The van der Waals surface area contributed by atoms with E-state index in [1.165, 1.54) is 24.0 Å². The van der Waals surface area contributed by atoms with Crippen LogP contribution in [-0.2, 0) is 12.8 Å². The SMILES string of the molecule is OCCCCC(O)c1ccc2c(c1)CCC2. The molecule has 1 atom stereocenters. The van der Waals surface area contributed by atoms with Crippen molar-refractivity contribution in [1.29, 1.82) is 0 Å². The lowest BCUT2D eigenvalue weighted by Crippen LogP contribution is -1.99. The zero-order valence-electron chi connectivity index (χ0n) is 9.65. The van der Waals surface area contributed by atoms with Gasteiger partial charge in [-0.1, -0.05) is 18.2 Å². The van der Waals surface area contributed by atoms with Crippen molar-refractivity contribution in [2.75, 3.05) is 6.61 Å². The van der Waals surface area contributed by atoms with Gasteiger partial charge in [-0.2, -0.15) is 0 Å². The first-order valence-corrected chi connectivity index (χ1v) is 6.22. The van der Waals surface area contributed by atoms with Crippen LogP contribution in [0.1, 0.15) is 48.5 Å². The van der Waals surface area contributed by atoms with E-state index in [2.05, 4.69) is 12.1 Å². The zero-order valence-corrected chi connectivity index (χ0v) is 9.65. The fourth-order valence-corrected chi connectivity index (χ4v) is 2.42. The van der Waals surface area contributed by atoms with Gasteiger partial charge >= 0.3 is 0 Å². The van der Waals surface area contributed by atoms with Crippen molar-refractivity contribution in [2.24, 2.45) is 0 Å². The van der Waals surface area contributed by atoms with Crippen molar-refractivity contribution < 1.29 is 10.2 Å². The van der Waals surface area contributed by atoms with Crippen molar-refractivity contribution >= 4 is 0 Å². The summed E-state index contributed by atoms with van der Waals surface area (Å²) < 4.78 is 0. The van der Waals surface area contributed by atoms with Crippen LogP contribution in [0.5, 0.6) is 0 Å². The van der Waals surface area contributed by atoms with Crippen molar-refractivity contribution in [3.63, 3.8) is 0 Å². The maximum absolute atomic E-state index is 10.00. The topological polar surface area (TPSA) is 40.5 Å². The smallest absolute Gasteiger partial charge is 0.0790 e. The largest absolute Gasteiger partial charge is 0.396 e. The Balaban J connectivity index is 1.98. The van der Waals surface area contributed by atoms with E-state index in [1.54, 1.807) is 0 Å². The minimum atomic E-state index is -0.363. The molecule has 1 aliphatic carbocycles. The normalized spacial score (nSPS) is 16.1. The Labute approximate surface area is 96.9 Å². The summed E-state index contributed by atoms with van der Waals surface area (Å²) in [6.45, 7) is 0.219. The second kappa shape index (κ2) is 5.46. The summed E-state index contributed by atoms with van der Waals surface area (Å²) in [5.74, 6) is 0. The van der Waals surface area contributed by atoms with Crippen LogP contribution in [0.3, 0.4) is 0 Å². The first kappa shape index (κ1) is 11.6. The number of aliphatic hydroxyl groups is 2. The van der Waals surface area contributed by atoms with Gasteiger partial charge in [0.1, 0.15) is 0 Å². The molecule has 0 aliphatic heterocycles. The first-order valence-electron chi connectivity index (χ1n) is 6.22. The van der Waals surface area contributed by atoms with Gasteiger partial charge in [-0.15, -0.1) is 0 Å². The summed E-state index contributed by atoms with van der Waals surface area (Å²) in [6.07, 6.45) is 5.65. The molecule has 1 aromatic rings. The number of benzene rings is 1. The molecule has 1 aliphatic rings. The number of aliphatic hydroxyl groups excluding tert-OH is 2. The number of unbranched alkanes of at least 4 members (excludes halogenated alkanes) is 1. The highest BCUT2D eigenvalue weighted by atomic mass is 16.3. The average Bonchev–Trinajstić information content (AvgIpc) is 2.76. The van der Waals surface area contributed by atoms with E-state index < -0.39 is 0 Å². The van der Waals surface area contributed by atoms with Gasteiger partial charge in [-0.3, -0.25) is 0 Å². The van der Waals surface area contributed by atoms with Crippen LogP contribution in [0.4, 0.5) is 0 Å². The summed E-state index contributed by atoms with van der Waals surface area (Å²) in [5.41, 5.74) is 3.91. The van der Waals surface area contributed by atoms with E-state index in [0.717, 1.165) is 31.2 Å². The Hall–Kier alpha value is -0.860. The highest BCUT2D eigenvalue weighted by Gasteiger charge is 2.14. The Morgan fingerprint density at radius 1 is 1.12 bits per heavy atom. The average molecular weight is 220 g/mol. The molecular formula is C14H20O2. The predicted molar refractivity (Wildman–Crippen MR) is 64.4 cm³/mol. The maximum atomic E-state index is 10.00.